The third kappa shape index (κ3) is 3.88. The fourth-order valence-electron chi connectivity index (χ4n) is 2.10. The highest BCUT2D eigenvalue weighted by Crippen LogP contribution is 2.22. The van der Waals surface area contributed by atoms with Crippen molar-refractivity contribution in [3.63, 3.8) is 0 Å². The van der Waals surface area contributed by atoms with E-state index in [1.54, 1.807) is 20.8 Å². The Labute approximate surface area is 150 Å². The maximum atomic E-state index is 11.9. The van der Waals surface area contributed by atoms with Crippen molar-refractivity contribution in [1.82, 2.24) is 25.0 Å². The van der Waals surface area contributed by atoms with Crippen LogP contribution in [0.15, 0.2) is 30.3 Å². The van der Waals surface area contributed by atoms with Crippen molar-refractivity contribution in [2.75, 3.05) is 5.73 Å². The molecule has 3 aromatic rings. The standard InChI is InChI=1S/C17H20N6O3/c1-17(2,3)15(24)26-10-23-13-12(21-22-23)14(20-16(18)19-13)25-9-11-7-5-4-6-8-11/h4-8H,9-10H2,1-3H3,(H2,18,19,20). The lowest BCUT2D eigenvalue weighted by Crippen LogP contribution is -2.24. The number of hydrogen-bond acceptors (Lipinski definition) is 8. The number of carbonyl (C=O) groups excluding carboxylic acids is 1. The number of nitrogens with two attached hydrogens (primary N) is 1. The van der Waals surface area contributed by atoms with Gasteiger partial charge in [-0.2, -0.15) is 14.6 Å². The van der Waals surface area contributed by atoms with Gasteiger partial charge in [0.15, 0.2) is 17.9 Å². The first-order valence-corrected chi connectivity index (χ1v) is 8.05. The summed E-state index contributed by atoms with van der Waals surface area (Å²) in [6, 6.07) is 9.63. The molecule has 136 valence electrons. The first-order valence-electron chi connectivity index (χ1n) is 8.05. The third-order valence-corrected chi connectivity index (χ3v) is 3.50. The summed E-state index contributed by atoms with van der Waals surface area (Å²) in [5.41, 5.74) is 6.81. The lowest BCUT2D eigenvalue weighted by atomic mass is 9.98. The Balaban J connectivity index is 1.81. The number of ether oxygens (including phenoxy) is 2. The molecule has 0 radical (unpaired) electrons. The van der Waals surface area contributed by atoms with Crippen molar-refractivity contribution in [2.24, 2.45) is 5.41 Å². The Kier molecular flexibility index (Phi) is 4.70. The zero-order chi connectivity index (χ0) is 18.7. The summed E-state index contributed by atoms with van der Waals surface area (Å²) in [7, 11) is 0. The molecule has 1 aromatic carbocycles. The molecule has 0 saturated carbocycles. The molecule has 0 fully saturated rings. The van der Waals surface area contributed by atoms with E-state index in [0.29, 0.717) is 17.8 Å². The molecule has 0 spiro atoms. The Hall–Kier alpha value is -3.23. The van der Waals surface area contributed by atoms with Gasteiger partial charge in [0.1, 0.15) is 6.61 Å². The van der Waals surface area contributed by atoms with Crippen LogP contribution in [0.25, 0.3) is 11.2 Å². The minimum absolute atomic E-state index is 0.0197. The molecule has 9 heteroatoms. The number of rotatable bonds is 5. The van der Waals surface area contributed by atoms with Crippen LogP contribution in [0.5, 0.6) is 5.88 Å². The third-order valence-electron chi connectivity index (χ3n) is 3.50. The largest absolute Gasteiger partial charge is 0.471 e. The Morgan fingerprint density at radius 1 is 1.19 bits per heavy atom. The molecule has 0 aliphatic heterocycles. The van der Waals surface area contributed by atoms with Crippen molar-refractivity contribution in [1.29, 1.82) is 0 Å². The summed E-state index contributed by atoms with van der Waals surface area (Å²) in [4.78, 5) is 20.1. The highest BCUT2D eigenvalue weighted by Gasteiger charge is 2.24. The van der Waals surface area contributed by atoms with Crippen LogP contribution >= 0.6 is 0 Å². The average Bonchev–Trinajstić information content (AvgIpc) is 3.00. The van der Waals surface area contributed by atoms with Gasteiger partial charge >= 0.3 is 5.97 Å². The number of nitrogen functional groups attached to an aromatic ring is 1. The van der Waals surface area contributed by atoms with Gasteiger partial charge in [-0.05, 0) is 26.3 Å². The Bertz CT molecular complexity index is 917. The molecule has 0 unspecified atom stereocenters. The zero-order valence-electron chi connectivity index (χ0n) is 14.8. The van der Waals surface area contributed by atoms with E-state index >= 15 is 0 Å². The number of aromatic nitrogens is 5. The summed E-state index contributed by atoms with van der Waals surface area (Å²) in [5.74, 6) is -0.111. The van der Waals surface area contributed by atoms with E-state index in [1.165, 1.54) is 4.68 Å². The molecule has 0 saturated heterocycles. The van der Waals surface area contributed by atoms with Crippen LogP contribution in [0.2, 0.25) is 0 Å². The number of anilines is 1. The number of hydrogen-bond donors (Lipinski definition) is 1. The number of fused-ring (bicyclic) bond motifs is 1. The molecule has 2 heterocycles. The minimum Gasteiger partial charge on any atom is -0.471 e. The van der Waals surface area contributed by atoms with E-state index in [4.69, 9.17) is 15.2 Å². The number of benzene rings is 1. The fraction of sp³-hybridized carbons (Fsp3) is 0.353. The normalized spacial score (nSPS) is 11.5. The van der Waals surface area contributed by atoms with Gasteiger partial charge in [0.25, 0.3) is 0 Å². The molecular formula is C17H20N6O3. The maximum Gasteiger partial charge on any atom is 0.313 e. The Morgan fingerprint density at radius 3 is 2.62 bits per heavy atom. The van der Waals surface area contributed by atoms with Crippen LogP contribution in [-0.2, 0) is 22.9 Å². The molecule has 9 nitrogen and oxygen atoms in total. The van der Waals surface area contributed by atoms with Crippen LogP contribution < -0.4 is 10.5 Å². The number of esters is 1. The van der Waals surface area contributed by atoms with E-state index < -0.39 is 5.41 Å². The van der Waals surface area contributed by atoms with Gasteiger partial charge in [-0.3, -0.25) is 4.79 Å². The average molecular weight is 356 g/mol. The van der Waals surface area contributed by atoms with E-state index in [9.17, 15) is 4.79 Å². The van der Waals surface area contributed by atoms with E-state index in [1.807, 2.05) is 30.3 Å². The van der Waals surface area contributed by atoms with Crippen LogP contribution in [0.3, 0.4) is 0 Å². The zero-order valence-corrected chi connectivity index (χ0v) is 14.8. The van der Waals surface area contributed by atoms with Gasteiger partial charge in [-0.15, -0.1) is 5.10 Å². The fourth-order valence-corrected chi connectivity index (χ4v) is 2.10. The van der Waals surface area contributed by atoms with E-state index in [2.05, 4.69) is 20.3 Å². The van der Waals surface area contributed by atoms with Crippen molar-refractivity contribution >= 4 is 23.1 Å². The molecule has 0 bridgehead atoms. The van der Waals surface area contributed by atoms with Crippen molar-refractivity contribution in [2.45, 2.75) is 34.1 Å². The second-order valence-corrected chi connectivity index (χ2v) is 6.73. The topological polar surface area (TPSA) is 118 Å². The lowest BCUT2D eigenvalue weighted by Gasteiger charge is -2.16. The molecule has 26 heavy (non-hydrogen) atoms. The SMILES string of the molecule is CC(C)(C)C(=O)OCn1nnc2c(OCc3ccccc3)nc(N)nc21. The van der Waals surface area contributed by atoms with Gasteiger partial charge < -0.3 is 15.2 Å². The minimum atomic E-state index is -0.617. The van der Waals surface area contributed by atoms with Crippen molar-refractivity contribution < 1.29 is 14.3 Å². The molecule has 2 N–H and O–H groups in total. The molecule has 3 rings (SSSR count). The first-order chi connectivity index (χ1) is 12.3. The number of carbonyl (C=O) groups is 1. The van der Waals surface area contributed by atoms with E-state index in [-0.39, 0.29) is 24.5 Å². The summed E-state index contributed by atoms with van der Waals surface area (Å²) < 4.78 is 12.3. The summed E-state index contributed by atoms with van der Waals surface area (Å²) >= 11 is 0. The van der Waals surface area contributed by atoms with Crippen molar-refractivity contribution in [3.8, 4) is 5.88 Å². The van der Waals surface area contributed by atoms with Gasteiger partial charge in [-0.1, -0.05) is 35.5 Å². The maximum absolute atomic E-state index is 11.9. The van der Waals surface area contributed by atoms with Crippen LogP contribution in [0.4, 0.5) is 5.95 Å². The molecule has 0 aliphatic rings. The molecule has 2 aromatic heterocycles. The van der Waals surface area contributed by atoms with Gasteiger partial charge in [0.2, 0.25) is 11.8 Å². The molecule has 0 amide bonds. The van der Waals surface area contributed by atoms with Gasteiger partial charge in [0.05, 0.1) is 5.41 Å². The van der Waals surface area contributed by atoms with E-state index in [0.717, 1.165) is 5.56 Å². The van der Waals surface area contributed by atoms with Crippen LogP contribution in [0.1, 0.15) is 26.3 Å². The second-order valence-electron chi connectivity index (χ2n) is 6.73. The van der Waals surface area contributed by atoms with Gasteiger partial charge in [0, 0.05) is 0 Å². The lowest BCUT2D eigenvalue weighted by molar-refractivity contribution is -0.157. The highest BCUT2D eigenvalue weighted by atomic mass is 16.5. The number of nitrogens with zero attached hydrogens (tertiary/aromatic N) is 5. The van der Waals surface area contributed by atoms with Crippen LogP contribution in [0, 0.1) is 5.41 Å². The second kappa shape index (κ2) is 6.95. The summed E-state index contributed by atoms with van der Waals surface area (Å²) in [6.45, 7) is 5.48. The van der Waals surface area contributed by atoms with Crippen molar-refractivity contribution in [3.05, 3.63) is 35.9 Å². The molecular weight excluding hydrogens is 336 g/mol. The summed E-state index contributed by atoms with van der Waals surface area (Å²) in [6.07, 6.45) is 0. The highest BCUT2D eigenvalue weighted by molar-refractivity contribution is 5.77. The van der Waals surface area contributed by atoms with Gasteiger partial charge in [-0.25, -0.2) is 0 Å². The molecule has 0 aliphatic carbocycles. The smallest absolute Gasteiger partial charge is 0.313 e. The molecule has 0 atom stereocenters. The first kappa shape index (κ1) is 17.6. The predicted molar refractivity (Wildman–Crippen MR) is 93.9 cm³/mol. The summed E-state index contributed by atoms with van der Waals surface area (Å²) in [5, 5.41) is 7.99. The predicted octanol–water partition coefficient (Wildman–Crippen LogP) is 1.93. The quantitative estimate of drug-likeness (QED) is 0.689. The van der Waals surface area contributed by atoms with Crippen LogP contribution in [-0.4, -0.2) is 30.9 Å². The monoisotopic (exact) mass is 356 g/mol. The Morgan fingerprint density at radius 2 is 1.92 bits per heavy atom.